The summed E-state index contributed by atoms with van der Waals surface area (Å²) in [4.78, 5) is 12.8. The van der Waals surface area contributed by atoms with Gasteiger partial charge in [-0.3, -0.25) is 4.79 Å². The number of nitrogens with one attached hydrogen (secondary N) is 1. The van der Waals surface area contributed by atoms with Crippen molar-refractivity contribution < 1.29 is 14.6 Å². The molecule has 168 valence electrons. The fourth-order valence-corrected chi connectivity index (χ4v) is 3.46. The third kappa shape index (κ3) is 5.23. The Morgan fingerprint density at radius 1 is 1.06 bits per heavy atom. The predicted octanol–water partition coefficient (Wildman–Crippen LogP) is 5.73. The number of aromatic hydroxyl groups is 1. The van der Waals surface area contributed by atoms with Crippen molar-refractivity contribution in [3.8, 4) is 22.9 Å². The number of hydrogen-bond donors (Lipinski definition) is 2. The first-order chi connectivity index (χ1) is 15.9. The molecular formula is C27H27N3O3. The molecule has 0 radical (unpaired) electrons. The van der Waals surface area contributed by atoms with Gasteiger partial charge in [0.1, 0.15) is 11.5 Å². The van der Waals surface area contributed by atoms with Crippen LogP contribution in [0.25, 0.3) is 5.69 Å². The van der Waals surface area contributed by atoms with E-state index in [2.05, 4.69) is 24.3 Å². The summed E-state index contributed by atoms with van der Waals surface area (Å²) in [5, 5.41) is 17.5. The second-order valence-electron chi connectivity index (χ2n) is 8.27. The topological polar surface area (TPSA) is 76.4 Å². The van der Waals surface area contributed by atoms with Crippen molar-refractivity contribution in [2.75, 3.05) is 0 Å². The Kier molecular flexibility index (Phi) is 6.45. The molecule has 4 rings (SSSR count). The molecule has 0 saturated carbocycles. The van der Waals surface area contributed by atoms with E-state index in [0.717, 1.165) is 28.1 Å². The summed E-state index contributed by atoms with van der Waals surface area (Å²) in [6.45, 7) is 6.44. The van der Waals surface area contributed by atoms with Gasteiger partial charge in [-0.25, -0.2) is 4.68 Å². The van der Waals surface area contributed by atoms with Gasteiger partial charge < -0.3 is 15.2 Å². The molecule has 0 fully saturated rings. The number of carbonyl (C=O) groups is 1. The van der Waals surface area contributed by atoms with Gasteiger partial charge in [-0.2, -0.15) is 5.10 Å². The normalized spacial score (nSPS) is 10.9. The van der Waals surface area contributed by atoms with Crippen LogP contribution in [0.4, 0.5) is 0 Å². The Labute approximate surface area is 193 Å². The van der Waals surface area contributed by atoms with Crippen LogP contribution >= 0.6 is 0 Å². The zero-order chi connectivity index (χ0) is 23.4. The molecule has 0 aliphatic carbocycles. The zero-order valence-electron chi connectivity index (χ0n) is 18.9. The number of carbonyl (C=O) groups excluding carboxylic acids is 1. The van der Waals surface area contributed by atoms with E-state index in [1.54, 1.807) is 0 Å². The Morgan fingerprint density at radius 2 is 1.85 bits per heavy atom. The molecule has 4 aromatic rings. The van der Waals surface area contributed by atoms with E-state index >= 15 is 0 Å². The fourth-order valence-electron chi connectivity index (χ4n) is 3.46. The maximum Gasteiger partial charge on any atom is 0.275 e. The van der Waals surface area contributed by atoms with Gasteiger partial charge in [0.25, 0.3) is 5.91 Å². The van der Waals surface area contributed by atoms with Crippen LogP contribution in [0, 0.1) is 6.92 Å². The third-order valence-corrected chi connectivity index (χ3v) is 5.34. The first-order valence-electron chi connectivity index (χ1n) is 10.9. The van der Waals surface area contributed by atoms with Crippen LogP contribution in [-0.2, 0) is 6.54 Å². The molecular weight excluding hydrogens is 414 g/mol. The summed E-state index contributed by atoms with van der Waals surface area (Å²) in [5.74, 6) is 1.11. The van der Waals surface area contributed by atoms with Crippen LogP contribution in [0.1, 0.15) is 46.9 Å². The van der Waals surface area contributed by atoms with Gasteiger partial charge in [0.05, 0.1) is 11.9 Å². The number of benzene rings is 3. The van der Waals surface area contributed by atoms with E-state index in [1.807, 2.05) is 79.7 Å². The minimum absolute atomic E-state index is 0.0254. The van der Waals surface area contributed by atoms with Crippen LogP contribution in [0.2, 0.25) is 0 Å². The van der Waals surface area contributed by atoms with Crippen LogP contribution < -0.4 is 10.1 Å². The number of aryl methyl sites for hydroxylation is 1. The Hall–Kier alpha value is -4.06. The number of nitrogens with zero attached hydrogens (tertiary/aromatic N) is 2. The van der Waals surface area contributed by atoms with Gasteiger partial charge >= 0.3 is 0 Å². The number of para-hydroxylation sites is 1. The number of ether oxygens (including phenoxy) is 1. The zero-order valence-corrected chi connectivity index (χ0v) is 18.9. The Balaban J connectivity index is 1.51. The van der Waals surface area contributed by atoms with Gasteiger partial charge in [0.2, 0.25) is 0 Å². The molecule has 3 aromatic carbocycles. The minimum Gasteiger partial charge on any atom is -0.504 e. The molecule has 0 spiro atoms. The molecule has 1 amide bonds. The monoisotopic (exact) mass is 441 g/mol. The fraction of sp³-hybridized carbons (Fsp3) is 0.185. The molecule has 0 saturated heterocycles. The highest BCUT2D eigenvalue weighted by Gasteiger charge is 2.18. The smallest absolute Gasteiger partial charge is 0.275 e. The van der Waals surface area contributed by atoms with Crippen molar-refractivity contribution in [2.24, 2.45) is 0 Å². The summed E-state index contributed by atoms with van der Waals surface area (Å²) in [6, 6.07) is 23.2. The van der Waals surface area contributed by atoms with Gasteiger partial charge in [-0.15, -0.1) is 0 Å². The van der Waals surface area contributed by atoms with Crippen molar-refractivity contribution in [2.45, 2.75) is 33.2 Å². The third-order valence-electron chi connectivity index (χ3n) is 5.34. The average Bonchev–Trinajstić information content (AvgIpc) is 3.21. The lowest BCUT2D eigenvalue weighted by Crippen LogP contribution is -2.23. The number of amides is 1. The highest BCUT2D eigenvalue weighted by Crippen LogP contribution is 2.27. The van der Waals surface area contributed by atoms with E-state index in [9.17, 15) is 9.90 Å². The minimum atomic E-state index is -0.461. The van der Waals surface area contributed by atoms with Crippen molar-refractivity contribution in [1.29, 1.82) is 0 Å². The summed E-state index contributed by atoms with van der Waals surface area (Å²) in [5.41, 5.74) is 3.78. The largest absolute Gasteiger partial charge is 0.504 e. The molecule has 0 unspecified atom stereocenters. The van der Waals surface area contributed by atoms with Crippen molar-refractivity contribution in [3.05, 3.63) is 101 Å². The highest BCUT2D eigenvalue weighted by molar-refractivity contribution is 5.94. The molecule has 0 atom stereocenters. The molecule has 6 nitrogen and oxygen atoms in total. The van der Waals surface area contributed by atoms with Crippen molar-refractivity contribution >= 4 is 5.91 Å². The summed E-state index contributed by atoms with van der Waals surface area (Å²) >= 11 is 0. The molecule has 1 heterocycles. The van der Waals surface area contributed by atoms with E-state index in [1.165, 1.54) is 10.9 Å². The molecule has 6 heteroatoms. The number of hydrogen-bond acceptors (Lipinski definition) is 4. The second kappa shape index (κ2) is 9.61. The first kappa shape index (κ1) is 22.1. The summed E-state index contributed by atoms with van der Waals surface area (Å²) in [7, 11) is 0. The molecule has 2 N–H and O–H groups in total. The van der Waals surface area contributed by atoms with Gasteiger partial charge in [-0.1, -0.05) is 56.3 Å². The van der Waals surface area contributed by atoms with Crippen LogP contribution in [0.15, 0.2) is 79.0 Å². The second-order valence-corrected chi connectivity index (χ2v) is 8.27. The van der Waals surface area contributed by atoms with Gasteiger partial charge in [0, 0.05) is 12.1 Å². The Bertz CT molecular complexity index is 1260. The predicted molar refractivity (Wildman–Crippen MR) is 128 cm³/mol. The van der Waals surface area contributed by atoms with Crippen LogP contribution in [-0.4, -0.2) is 20.8 Å². The van der Waals surface area contributed by atoms with Gasteiger partial charge in [0.15, 0.2) is 11.4 Å². The quantitative estimate of drug-likeness (QED) is 0.384. The SMILES string of the molecule is Cc1ccc(CNC(=O)c2nn(-c3cccc(C(C)C)c3)cc2O)c(Oc2ccccc2)c1. The van der Waals surface area contributed by atoms with E-state index in [0.29, 0.717) is 11.7 Å². The van der Waals surface area contributed by atoms with Gasteiger partial charge in [-0.05, 0) is 54.3 Å². The number of aromatic nitrogens is 2. The van der Waals surface area contributed by atoms with Crippen LogP contribution in [0.5, 0.6) is 17.2 Å². The molecule has 1 aromatic heterocycles. The highest BCUT2D eigenvalue weighted by atomic mass is 16.5. The molecule has 0 aliphatic rings. The first-order valence-corrected chi connectivity index (χ1v) is 10.9. The average molecular weight is 442 g/mol. The molecule has 0 bridgehead atoms. The van der Waals surface area contributed by atoms with E-state index in [-0.39, 0.29) is 18.0 Å². The Morgan fingerprint density at radius 3 is 2.61 bits per heavy atom. The lowest BCUT2D eigenvalue weighted by atomic mass is 10.0. The lowest BCUT2D eigenvalue weighted by Gasteiger charge is -2.13. The summed E-state index contributed by atoms with van der Waals surface area (Å²) in [6.07, 6.45) is 1.45. The standard InChI is InChI=1S/C27H27N3O3/c1-18(2)20-8-7-9-22(15-20)30-17-24(31)26(29-30)27(32)28-16-21-13-12-19(3)14-25(21)33-23-10-5-4-6-11-23/h4-15,17-18,31H,16H2,1-3H3,(H,28,32). The lowest BCUT2D eigenvalue weighted by molar-refractivity contribution is 0.0942. The van der Waals surface area contributed by atoms with Crippen molar-refractivity contribution in [1.82, 2.24) is 15.1 Å². The maximum atomic E-state index is 12.8. The molecule has 0 aliphatic heterocycles. The van der Waals surface area contributed by atoms with E-state index in [4.69, 9.17) is 4.74 Å². The summed E-state index contributed by atoms with van der Waals surface area (Å²) < 4.78 is 7.54. The van der Waals surface area contributed by atoms with E-state index < -0.39 is 5.91 Å². The van der Waals surface area contributed by atoms with Crippen molar-refractivity contribution in [3.63, 3.8) is 0 Å². The molecule has 33 heavy (non-hydrogen) atoms. The van der Waals surface area contributed by atoms with Crippen LogP contribution in [0.3, 0.4) is 0 Å². The number of rotatable bonds is 7. The maximum absolute atomic E-state index is 12.8.